The third kappa shape index (κ3) is 5.07. The molecule has 0 radical (unpaired) electrons. The minimum Gasteiger partial charge on any atom is -0.481 e. The molecule has 0 bridgehead atoms. The van der Waals surface area contributed by atoms with Gasteiger partial charge in [0.1, 0.15) is 5.82 Å². The molecule has 0 aliphatic heterocycles. The molecule has 1 aromatic heterocycles. The van der Waals surface area contributed by atoms with Gasteiger partial charge >= 0.3 is 0 Å². The molecule has 106 valence electrons. The number of methoxy groups -OCH3 is 1. The van der Waals surface area contributed by atoms with Crippen LogP contribution in [0.15, 0.2) is 18.2 Å². The molecule has 1 fully saturated rings. The minimum absolute atomic E-state index is 0.654. The zero-order chi connectivity index (χ0) is 13.3. The summed E-state index contributed by atoms with van der Waals surface area (Å²) in [6, 6.07) is 6.48. The third-order valence-corrected chi connectivity index (χ3v) is 3.65. The lowest BCUT2D eigenvalue weighted by atomic mass is 10.1. The highest BCUT2D eigenvalue weighted by Crippen LogP contribution is 2.17. The summed E-state index contributed by atoms with van der Waals surface area (Å²) in [6.07, 6.45) is 8.23. The first kappa shape index (κ1) is 14.1. The number of anilines is 1. The highest BCUT2D eigenvalue weighted by atomic mass is 16.5. The average Bonchev–Trinajstić information content (AvgIpc) is 2.72. The van der Waals surface area contributed by atoms with Crippen molar-refractivity contribution in [1.29, 1.82) is 0 Å². The number of pyridine rings is 1. The molecule has 4 heteroatoms. The van der Waals surface area contributed by atoms with Crippen LogP contribution in [-0.4, -0.2) is 31.2 Å². The number of nitrogens with zero attached hydrogens (tertiary/aromatic N) is 1. The van der Waals surface area contributed by atoms with Crippen molar-refractivity contribution in [1.82, 2.24) is 10.3 Å². The number of aromatic nitrogens is 1. The van der Waals surface area contributed by atoms with E-state index >= 15 is 0 Å². The second kappa shape index (κ2) is 8.00. The Labute approximate surface area is 116 Å². The lowest BCUT2D eigenvalue weighted by molar-refractivity contribution is 0.398. The fraction of sp³-hybridized carbons (Fsp3) is 0.667. The quantitative estimate of drug-likeness (QED) is 0.612. The molecule has 0 spiro atoms. The van der Waals surface area contributed by atoms with E-state index in [1.54, 1.807) is 7.11 Å². The van der Waals surface area contributed by atoms with Crippen LogP contribution in [-0.2, 0) is 0 Å². The van der Waals surface area contributed by atoms with Gasteiger partial charge < -0.3 is 15.4 Å². The maximum absolute atomic E-state index is 5.10. The molecule has 0 amide bonds. The molecule has 4 nitrogen and oxygen atoms in total. The summed E-state index contributed by atoms with van der Waals surface area (Å²) in [5.74, 6) is 1.53. The van der Waals surface area contributed by atoms with E-state index in [4.69, 9.17) is 4.74 Å². The number of rotatable bonds is 6. The molecule has 2 rings (SSSR count). The van der Waals surface area contributed by atoms with Crippen molar-refractivity contribution in [2.45, 2.75) is 44.6 Å². The zero-order valence-electron chi connectivity index (χ0n) is 11.8. The average molecular weight is 263 g/mol. The first-order chi connectivity index (χ1) is 9.38. The molecular formula is C15H25N3O. The van der Waals surface area contributed by atoms with E-state index in [1.165, 1.54) is 38.5 Å². The maximum atomic E-state index is 5.10. The molecule has 0 atom stereocenters. The second-order valence-corrected chi connectivity index (χ2v) is 5.13. The van der Waals surface area contributed by atoms with Crippen LogP contribution in [0, 0.1) is 0 Å². The number of hydrogen-bond acceptors (Lipinski definition) is 4. The van der Waals surface area contributed by atoms with Crippen LogP contribution in [0.4, 0.5) is 5.82 Å². The van der Waals surface area contributed by atoms with E-state index in [2.05, 4.69) is 15.6 Å². The van der Waals surface area contributed by atoms with Crippen molar-refractivity contribution in [3.8, 4) is 5.88 Å². The summed E-state index contributed by atoms with van der Waals surface area (Å²) in [7, 11) is 1.64. The second-order valence-electron chi connectivity index (χ2n) is 5.13. The van der Waals surface area contributed by atoms with Crippen LogP contribution in [0.25, 0.3) is 0 Å². The highest BCUT2D eigenvalue weighted by molar-refractivity contribution is 5.36. The van der Waals surface area contributed by atoms with Gasteiger partial charge in [-0.2, -0.15) is 4.98 Å². The molecule has 1 aliphatic carbocycles. The number of hydrogen-bond donors (Lipinski definition) is 2. The first-order valence-corrected chi connectivity index (χ1v) is 7.37. The van der Waals surface area contributed by atoms with Gasteiger partial charge in [0.25, 0.3) is 0 Å². The Bertz CT molecular complexity index is 362. The molecule has 19 heavy (non-hydrogen) atoms. The van der Waals surface area contributed by atoms with E-state index in [1.807, 2.05) is 18.2 Å². The lowest BCUT2D eigenvalue weighted by Gasteiger charge is -2.16. The lowest BCUT2D eigenvalue weighted by Crippen LogP contribution is -2.32. The van der Waals surface area contributed by atoms with Crippen molar-refractivity contribution in [3.05, 3.63) is 18.2 Å². The predicted octanol–water partition coefficient (Wildman–Crippen LogP) is 2.81. The molecule has 1 saturated carbocycles. The van der Waals surface area contributed by atoms with Crippen molar-refractivity contribution >= 4 is 5.82 Å². The Morgan fingerprint density at radius 3 is 2.68 bits per heavy atom. The van der Waals surface area contributed by atoms with E-state index in [0.29, 0.717) is 11.9 Å². The molecule has 0 saturated heterocycles. The van der Waals surface area contributed by atoms with Crippen LogP contribution in [0.2, 0.25) is 0 Å². The topological polar surface area (TPSA) is 46.2 Å². The van der Waals surface area contributed by atoms with Gasteiger partial charge in [-0.1, -0.05) is 31.7 Å². The van der Waals surface area contributed by atoms with Crippen LogP contribution >= 0.6 is 0 Å². The maximum Gasteiger partial charge on any atom is 0.214 e. The van der Waals surface area contributed by atoms with Crippen molar-refractivity contribution in [3.63, 3.8) is 0 Å². The smallest absolute Gasteiger partial charge is 0.214 e. The fourth-order valence-corrected chi connectivity index (χ4v) is 2.58. The molecular weight excluding hydrogens is 238 g/mol. The largest absolute Gasteiger partial charge is 0.481 e. The summed E-state index contributed by atoms with van der Waals surface area (Å²) in [5.41, 5.74) is 0. The van der Waals surface area contributed by atoms with Crippen molar-refractivity contribution < 1.29 is 4.74 Å². The fourth-order valence-electron chi connectivity index (χ4n) is 2.58. The van der Waals surface area contributed by atoms with Gasteiger partial charge in [-0.25, -0.2) is 0 Å². The Balaban J connectivity index is 1.65. The molecule has 0 unspecified atom stereocenters. The van der Waals surface area contributed by atoms with Gasteiger partial charge in [0, 0.05) is 25.2 Å². The standard InChI is InChI=1S/C15H25N3O/c1-19-15-10-6-9-14(18-15)17-12-11-16-13-7-4-2-3-5-8-13/h6,9-10,13,16H,2-5,7-8,11-12H2,1H3,(H,17,18). The monoisotopic (exact) mass is 263 g/mol. The van der Waals surface area contributed by atoms with Crippen molar-refractivity contribution in [2.75, 3.05) is 25.5 Å². The Hall–Kier alpha value is -1.29. The van der Waals surface area contributed by atoms with Gasteiger partial charge in [-0.3, -0.25) is 0 Å². The Kier molecular flexibility index (Phi) is 5.95. The summed E-state index contributed by atoms with van der Waals surface area (Å²) in [6.45, 7) is 1.89. The van der Waals surface area contributed by atoms with Gasteiger partial charge in [0.05, 0.1) is 7.11 Å². The van der Waals surface area contributed by atoms with Crippen molar-refractivity contribution in [2.24, 2.45) is 0 Å². The predicted molar refractivity (Wildman–Crippen MR) is 78.8 cm³/mol. The minimum atomic E-state index is 0.654. The van der Waals surface area contributed by atoms with Crippen LogP contribution < -0.4 is 15.4 Å². The normalized spacial score (nSPS) is 16.9. The van der Waals surface area contributed by atoms with Crippen LogP contribution in [0.5, 0.6) is 5.88 Å². The number of ether oxygens (including phenoxy) is 1. The van der Waals surface area contributed by atoms with Crippen LogP contribution in [0.1, 0.15) is 38.5 Å². The van der Waals surface area contributed by atoms with Crippen LogP contribution in [0.3, 0.4) is 0 Å². The van der Waals surface area contributed by atoms with E-state index in [0.717, 1.165) is 18.9 Å². The number of nitrogens with one attached hydrogen (secondary N) is 2. The first-order valence-electron chi connectivity index (χ1n) is 7.37. The summed E-state index contributed by atoms with van der Waals surface area (Å²) >= 11 is 0. The third-order valence-electron chi connectivity index (χ3n) is 3.65. The van der Waals surface area contributed by atoms with Gasteiger partial charge in [-0.05, 0) is 18.9 Å². The molecule has 1 aliphatic rings. The Morgan fingerprint density at radius 1 is 1.16 bits per heavy atom. The zero-order valence-corrected chi connectivity index (χ0v) is 11.8. The summed E-state index contributed by atoms with van der Waals surface area (Å²) in [5, 5.41) is 6.96. The van der Waals surface area contributed by atoms with E-state index in [-0.39, 0.29) is 0 Å². The van der Waals surface area contributed by atoms with Gasteiger partial charge in [0.15, 0.2) is 0 Å². The SMILES string of the molecule is COc1cccc(NCCNC2CCCCCC2)n1. The summed E-state index contributed by atoms with van der Waals surface area (Å²) < 4.78 is 5.10. The Morgan fingerprint density at radius 2 is 1.95 bits per heavy atom. The molecule has 1 aromatic rings. The van der Waals surface area contributed by atoms with Gasteiger partial charge in [-0.15, -0.1) is 0 Å². The highest BCUT2D eigenvalue weighted by Gasteiger charge is 2.10. The van der Waals surface area contributed by atoms with E-state index < -0.39 is 0 Å². The molecule has 0 aromatic carbocycles. The molecule has 1 heterocycles. The van der Waals surface area contributed by atoms with Gasteiger partial charge in [0.2, 0.25) is 5.88 Å². The summed E-state index contributed by atoms with van der Waals surface area (Å²) in [4.78, 5) is 4.33. The molecule has 2 N–H and O–H groups in total. The van der Waals surface area contributed by atoms with E-state index in [9.17, 15) is 0 Å².